The van der Waals surface area contributed by atoms with Gasteiger partial charge in [0.25, 0.3) is 0 Å². The summed E-state index contributed by atoms with van der Waals surface area (Å²) in [7, 11) is 1.75. The fraction of sp³-hybridized carbons (Fsp3) is 0.571. The first-order valence-electron chi connectivity index (χ1n) is 6.35. The van der Waals surface area contributed by atoms with E-state index in [0.29, 0.717) is 10.0 Å². The minimum atomic E-state index is -0.255. The number of halogens is 2. The largest absolute Gasteiger partial charge is 0.376 e. The lowest BCUT2D eigenvalue weighted by Crippen LogP contribution is -2.44. The summed E-state index contributed by atoms with van der Waals surface area (Å²) in [6.07, 6.45) is 5.61. The van der Waals surface area contributed by atoms with Crippen molar-refractivity contribution in [3.63, 3.8) is 0 Å². The molecular formula is C14H19Cl2NO. The SMILES string of the molecule is COC1(C(N)c2ccc(Cl)c(Cl)c2)CCCCC1. The van der Waals surface area contributed by atoms with Crippen LogP contribution in [-0.2, 0) is 4.74 Å². The van der Waals surface area contributed by atoms with Crippen LogP contribution < -0.4 is 5.73 Å². The van der Waals surface area contributed by atoms with E-state index in [1.165, 1.54) is 19.3 Å². The monoisotopic (exact) mass is 287 g/mol. The van der Waals surface area contributed by atoms with Gasteiger partial charge in [0.05, 0.1) is 21.7 Å². The molecule has 1 aromatic rings. The number of benzene rings is 1. The van der Waals surface area contributed by atoms with Crippen molar-refractivity contribution in [1.82, 2.24) is 0 Å². The molecule has 1 aromatic carbocycles. The molecule has 0 aromatic heterocycles. The predicted molar refractivity (Wildman–Crippen MR) is 76.2 cm³/mol. The van der Waals surface area contributed by atoms with E-state index in [-0.39, 0.29) is 11.6 Å². The van der Waals surface area contributed by atoms with Crippen LogP contribution in [0.4, 0.5) is 0 Å². The van der Waals surface area contributed by atoms with E-state index < -0.39 is 0 Å². The predicted octanol–water partition coefficient (Wildman–Crippen LogP) is 4.34. The highest BCUT2D eigenvalue weighted by Gasteiger charge is 2.38. The zero-order valence-corrected chi connectivity index (χ0v) is 12.1. The van der Waals surface area contributed by atoms with Crippen molar-refractivity contribution in [1.29, 1.82) is 0 Å². The number of rotatable bonds is 3. The van der Waals surface area contributed by atoms with Crippen LogP contribution in [0.5, 0.6) is 0 Å². The molecule has 1 aliphatic carbocycles. The van der Waals surface area contributed by atoms with Crippen LogP contribution in [0.3, 0.4) is 0 Å². The van der Waals surface area contributed by atoms with Crippen molar-refractivity contribution < 1.29 is 4.74 Å². The highest BCUT2D eigenvalue weighted by molar-refractivity contribution is 6.42. The maximum absolute atomic E-state index is 6.41. The third-order valence-corrected chi connectivity index (χ3v) is 4.72. The molecule has 2 rings (SSSR count). The van der Waals surface area contributed by atoms with Gasteiger partial charge in [-0.3, -0.25) is 0 Å². The normalized spacial score (nSPS) is 20.7. The first-order chi connectivity index (χ1) is 8.59. The summed E-state index contributed by atoms with van der Waals surface area (Å²) in [6, 6.07) is 5.43. The standard InChI is InChI=1S/C14H19Cl2NO/c1-18-14(7-3-2-4-8-14)13(17)10-5-6-11(15)12(16)9-10/h5-6,9,13H,2-4,7-8,17H2,1H3. The van der Waals surface area contributed by atoms with Gasteiger partial charge < -0.3 is 10.5 Å². The zero-order chi connectivity index (χ0) is 13.2. The third kappa shape index (κ3) is 2.67. The molecule has 4 heteroatoms. The number of methoxy groups -OCH3 is 1. The fourth-order valence-electron chi connectivity index (χ4n) is 2.80. The lowest BCUT2D eigenvalue weighted by atomic mass is 9.77. The van der Waals surface area contributed by atoms with Crippen molar-refractivity contribution in [2.45, 2.75) is 43.7 Å². The average Bonchev–Trinajstić information content (AvgIpc) is 2.42. The first-order valence-corrected chi connectivity index (χ1v) is 7.10. The Balaban J connectivity index is 2.27. The molecule has 0 amide bonds. The Morgan fingerprint density at radius 1 is 1.17 bits per heavy atom. The highest BCUT2D eigenvalue weighted by Crippen LogP contribution is 2.40. The Labute approximate surface area is 118 Å². The Morgan fingerprint density at radius 3 is 2.39 bits per heavy atom. The molecule has 1 atom stereocenters. The quantitative estimate of drug-likeness (QED) is 0.897. The van der Waals surface area contributed by atoms with Crippen LogP contribution in [0.2, 0.25) is 10.0 Å². The van der Waals surface area contributed by atoms with E-state index in [1.807, 2.05) is 12.1 Å². The van der Waals surface area contributed by atoms with Gasteiger partial charge in [-0.05, 0) is 30.5 Å². The van der Waals surface area contributed by atoms with Crippen LogP contribution >= 0.6 is 23.2 Å². The van der Waals surface area contributed by atoms with Gasteiger partial charge in [0.2, 0.25) is 0 Å². The topological polar surface area (TPSA) is 35.2 Å². The van der Waals surface area contributed by atoms with Gasteiger partial charge in [-0.1, -0.05) is 48.5 Å². The second-order valence-corrected chi connectivity index (χ2v) is 5.80. The third-order valence-electron chi connectivity index (χ3n) is 3.98. The van der Waals surface area contributed by atoms with E-state index in [0.717, 1.165) is 18.4 Å². The molecule has 1 unspecified atom stereocenters. The van der Waals surface area contributed by atoms with Crippen molar-refractivity contribution in [3.8, 4) is 0 Å². The van der Waals surface area contributed by atoms with Crippen molar-refractivity contribution >= 4 is 23.2 Å². The highest BCUT2D eigenvalue weighted by atomic mass is 35.5. The van der Waals surface area contributed by atoms with Crippen LogP contribution in [-0.4, -0.2) is 12.7 Å². The minimum Gasteiger partial charge on any atom is -0.376 e. The lowest BCUT2D eigenvalue weighted by Gasteiger charge is -2.41. The molecule has 18 heavy (non-hydrogen) atoms. The zero-order valence-electron chi connectivity index (χ0n) is 10.6. The molecule has 0 bridgehead atoms. The Bertz CT molecular complexity index is 416. The molecule has 0 radical (unpaired) electrons. The number of nitrogens with two attached hydrogens (primary N) is 1. The van der Waals surface area contributed by atoms with Crippen molar-refractivity contribution in [3.05, 3.63) is 33.8 Å². The molecular weight excluding hydrogens is 269 g/mol. The van der Waals surface area contributed by atoms with Crippen LogP contribution in [0.25, 0.3) is 0 Å². The summed E-state index contributed by atoms with van der Waals surface area (Å²) in [5.41, 5.74) is 7.15. The molecule has 0 saturated heterocycles. The van der Waals surface area contributed by atoms with Crippen molar-refractivity contribution in [2.75, 3.05) is 7.11 Å². The van der Waals surface area contributed by atoms with Gasteiger partial charge in [-0.2, -0.15) is 0 Å². The molecule has 100 valence electrons. The number of ether oxygens (including phenoxy) is 1. The smallest absolute Gasteiger partial charge is 0.0870 e. The molecule has 2 N–H and O–H groups in total. The summed E-state index contributed by atoms with van der Waals surface area (Å²) in [5.74, 6) is 0. The van der Waals surface area contributed by atoms with Gasteiger partial charge >= 0.3 is 0 Å². The van der Waals surface area contributed by atoms with Crippen LogP contribution in [0, 0.1) is 0 Å². The molecule has 2 nitrogen and oxygen atoms in total. The fourth-order valence-corrected chi connectivity index (χ4v) is 3.11. The number of hydrogen-bond donors (Lipinski definition) is 1. The van der Waals surface area contributed by atoms with Gasteiger partial charge in [0.15, 0.2) is 0 Å². The summed E-state index contributed by atoms with van der Waals surface area (Å²) < 4.78 is 5.76. The Kier molecular flexibility index (Phi) is 4.54. The first kappa shape index (κ1) is 14.1. The maximum Gasteiger partial charge on any atom is 0.0870 e. The molecule has 0 heterocycles. The second kappa shape index (κ2) is 5.79. The molecule has 0 aliphatic heterocycles. The number of hydrogen-bond acceptors (Lipinski definition) is 2. The summed E-state index contributed by atoms with van der Waals surface area (Å²) in [4.78, 5) is 0. The molecule has 1 fully saturated rings. The van der Waals surface area contributed by atoms with Gasteiger partial charge in [-0.15, -0.1) is 0 Å². The maximum atomic E-state index is 6.41. The van der Waals surface area contributed by atoms with E-state index in [2.05, 4.69) is 0 Å². The molecule has 0 spiro atoms. The molecule has 1 aliphatic rings. The average molecular weight is 288 g/mol. The van der Waals surface area contributed by atoms with Gasteiger partial charge in [0.1, 0.15) is 0 Å². The molecule has 1 saturated carbocycles. The van der Waals surface area contributed by atoms with Gasteiger partial charge in [0, 0.05) is 7.11 Å². The lowest BCUT2D eigenvalue weighted by molar-refractivity contribution is -0.0595. The van der Waals surface area contributed by atoms with Crippen LogP contribution in [0.15, 0.2) is 18.2 Å². The van der Waals surface area contributed by atoms with Crippen molar-refractivity contribution in [2.24, 2.45) is 5.73 Å². The van der Waals surface area contributed by atoms with Crippen LogP contribution in [0.1, 0.15) is 43.7 Å². The summed E-state index contributed by atoms with van der Waals surface area (Å²) >= 11 is 12.0. The van der Waals surface area contributed by atoms with E-state index in [9.17, 15) is 0 Å². The van der Waals surface area contributed by atoms with E-state index >= 15 is 0 Å². The summed E-state index contributed by atoms with van der Waals surface area (Å²) in [5, 5.41) is 1.11. The van der Waals surface area contributed by atoms with E-state index in [1.54, 1.807) is 13.2 Å². The van der Waals surface area contributed by atoms with Gasteiger partial charge in [-0.25, -0.2) is 0 Å². The second-order valence-electron chi connectivity index (χ2n) is 4.98. The summed E-state index contributed by atoms with van der Waals surface area (Å²) in [6.45, 7) is 0. The van der Waals surface area contributed by atoms with E-state index in [4.69, 9.17) is 33.7 Å². The minimum absolute atomic E-state index is 0.155. The Morgan fingerprint density at radius 2 is 1.83 bits per heavy atom. The Hall–Kier alpha value is -0.280.